The summed E-state index contributed by atoms with van der Waals surface area (Å²) in [6.07, 6.45) is 1.23. The minimum Gasteiger partial charge on any atom is -0.493 e. The molecule has 0 spiro atoms. The van der Waals surface area contributed by atoms with E-state index >= 15 is 0 Å². The van der Waals surface area contributed by atoms with Gasteiger partial charge in [-0.1, -0.05) is 18.2 Å². The van der Waals surface area contributed by atoms with Gasteiger partial charge in [-0.2, -0.15) is 0 Å². The molecule has 2 heterocycles. The van der Waals surface area contributed by atoms with Crippen LogP contribution >= 0.6 is 0 Å². The first-order valence-electron chi connectivity index (χ1n) is 8.91. The van der Waals surface area contributed by atoms with Crippen LogP contribution in [-0.4, -0.2) is 36.2 Å². The lowest BCUT2D eigenvalue weighted by Gasteiger charge is -2.27. The van der Waals surface area contributed by atoms with Crippen LogP contribution in [0.4, 0.5) is 0 Å². The van der Waals surface area contributed by atoms with E-state index in [1.807, 2.05) is 24.3 Å². The molecule has 0 saturated carbocycles. The van der Waals surface area contributed by atoms with E-state index in [-0.39, 0.29) is 23.4 Å². The molecule has 0 aliphatic carbocycles. The highest BCUT2D eigenvalue weighted by Gasteiger charge is 2.27. The van der Waals surface area contributed by atoms with Crippen LogP contribution < -0.4 is 14.8 Å². The van der Waals surface area contributed by atoms with Gasteiger partial charge in [0.1, 0.15) is 11.3 Å². The number of ether oxygens (including phenoxy) is 3. The molecular formula is C20H22N2O5. The number of esters is 1. The van der Waals surface area contributed by atoms with E-state index in [0.29, 0.717) is 19.6 Å². The summed E-state index contributed by atoms with van der Waals surface area (Å²) in [5, 5.41) is 2.93. The van der Waals surface area contributed by atoms with Gasteiger partial charge >= 0.3 is 5.97 Å². The Bertz CT molecular complexity index is 824. The van der Waals surface area contributed by atoms with Crippen LogP contribution in [-0.2, 0) is 9.53 Å². The number of aromatic nitrogens is 1. The molecule has 1 aromatic carbocycles. The van der Waals surface area contributed by atoms with Crippen molar-refractivity contribution in [1.82, 2.24) is 10.3 Å². The number of nitrogens with zero attached hydrogens (tertiary/aromatic N) is 1. The summed E-state index contributed by atoms with van der Waals surface area (Å²) < 4.78 is 16.2. The van der Waals surface area contributed by atoms with E-state index in [9.17, 15) is 9.59 Å². The monoisotopic (exact) mass is 370 g/mol. The Hall–Kier alpha value is -3.09. The summed E-state index contributed by atoms with van der Waals surface area (Å²) in [7, 11) is 0. The Morgan fingerprint density at radius 2 is 2.11 bits per heavy atom. The fraction of sp³-hybridized carbons (Fsp3) is 0.350. The van der Waals surface area contributed by atoms with Gasteiger partial charge in [0.25, 0.3) is 5.91 Å². The van der Waals surface area contributed by atoms with E-state index in [2.05, 4.69) is 10.3 Å². The molecule has 1 aliphatic rings. The van der Waals surface area contributed by atoms with Gasteiger partial charge in [-0.25, -0.2) is 9.78 Å². The number of pyridine rings is 1. The van der Waals surface area contributed by atoms with Gasteiger partial charge in [0.2, 0.25) is 5.88 Å². The molecule has 0 bridgehead atoms. The summed E-state index contributed by atoms with van der Waals surface area (Å²) in [6, 6.07) is 10.6. The maximum absolute atomic E-state index is 12.5. The van der Waals surface area contributed by atoms with Crippen molar-refractivity contribution in [3.05, 3.63) is 53.7 Å². The molecule has 1 amide bonds. The molecule has 7 nitrogen and oxygen atoms in total. The van der Waals surface area contributed by atoms with Crippen LogP contribution in [0.3, 0.4) is 0 Å². The lowest BCUT2D eigenvalue weighted by atomic mass is 10.0. The molecular weight excluding hydrogens is 348 g/mol. The smallest absolute Gasteiger partial charge is 0.344 e. The Morgan fingerprint density at radius 1 is 1.30 bits per heavy atom. The number of fused-ring (bicyclic) bond motifs is 1. The number of para-hydroxylation sites is 1. The lowest BCUT2D eigenvalue weighted by Crippen LogP contribution is -2.39. The maximum Gasteiger partial charge on any atom is 0.344 e. The van der Waals surface area contributed by atoms with Gasteiger partial charge in [0, 0.05) is 18.2 Å². The molecule has 0 saturated heterocycles. The molecule has 3 rings (SSSR count). The largest absolute Gasteiger partial charge is 0.493 e. The van der Waals surface area contributed by atoms with Crippen molar-refractivity contribution < 1.29 is 23.8 Å². The van der Waals surface area contributed by atoms with Crippen molar-refractivity contribution in [2.24, 2.45) is 0 Å². The highest BCUT2D eigenvalue weighted by atomic mass is 16.6. The average Bonchev–Trinajstić information content (AvgIpc) is 2.69. The quantitative estimate of drug-likeness (QED) is 0.787. The summed E-state index contributed by atoms with van der Waals surface area (Å²) in [5.74, 6) is -0.0696. The predicted octanol–water partition coefficient (Wildman–Crippen LogP) is 2.67. The summed E-state index contributed by atoms with van der Waals surface area (Å²) in [6.45, 7) is 4.22. The van der Waals surface area contributed by atoms with Gasteiger partial charge in [-0.3, -0.25) is 4.79 Å². The van der Waals surface area contributed by atoms with Crippen LogP contribution in [0.1, 0.15) is 42.2 Å². The van der Waals surface area contributed by atoms with Crippen molar-refractivity contribution in [3.63, 3.8) is 0 Å². The van der Waals surface area contributed by atoms with Gasteiger partial charge in [0.05, 0.1) is 19.3 Å². The van der Waals surface area contributed by atoms with Crippen LogP contribution in [0.15, 0.2) is 42.6 Å². The Balaban J connectivity index is 1.64. The number of hydrogen-bond donors (Lipinski definition) is 1. The third-order valence-electron chi connectivity index (χ3n) is 4.20. The second-order valence-electron chi connectivity index (χ2n) is 6.07. The fourth-order valence-electron chi connectivity index (χ4n) is 2.86. The normalized spacial score (nSPS) is 16.4. The van der Waals surface area contributed by atoms with E-state index < -0.39 is 12.1 Å². The van der Waals surface area contributed by atoms with Gasteiger partial charge < -0.3 is 19.5 Å². The van der Waals surface area contributed by atoms with Crippen molar-refractivity contribution >= 4 is 11.9 Å². The topological polar surface area (TPSA) is 86.8 Å². The third kappa shape index (κ3) is 4.36. The van der Waals surface area contributed by atoms with Crippen LogP contribution in [0.2, 0.25) is 0 Å². The minimum absolute atomic E-state index is 0.180. The van der Waals surface area contributed by atoms with Crippen LogP contribution in [0.25, 0.3) is 0 Å². The number of rotatable bonds is 6. The average molecular weight is 370 g/mol. The van der Waals surface area contributed by atoms with Gasteiger partial charge in [0.15, 0.2) is 6.10 Å². The van der Waals surface area contributed by atoms with Crippen molar-refractivity contribution in [1.29, 1.82) is 0 Å². The van der Waals surface area contributed by atoms with E-state index in [1.165, 1.54) is 13.1 Å². The SMILES string of the molecule is CCOc1ncccc1C(=O)O[C@H](C)C(=O)N[C@H]1CCOc2ccccc21. The second-order valence-corrected chi connectivity index (χ2v) is 6.07. The fourth-order valence-corrected chi connectivity index (χ4v) is 2.86. The number of nitrogens with one attached hydrogen (secondary N) is 1. The number of carbonyl (C=O) groups is 2. The number of hydrogen-bond acceptors (Lipinski definition) is 6. The van der Waals surface area contributed by atoms with E-state index in [0.717, 1.165) is 11.3 Å². The first-order chi connectivity index (χ1) is 13.1. The zero-order valence-corrected chi connectivity index (χ0v) is 15.3. The predicted molar refractivity (Wildman–Crippen MR) is 97.7 cm³/mol. The molecule has 0 unspecified atom stereocenters. The first-order valence-corrected chi connectivity index (χ1v) is 8.91. The number of benzene rings is 1. The van der Waals surface area contributed by atoms with Crippen LogP contribution in [0, 0.1) is 0 Å². The molecule has 0 radical (unpaired) electrons. The summed E-state index contributed by atoms with van der Waals surface area (Å²) in [5.41, 5.74) is 1.11. The molecule has 7 heteroatoms. The van der Waals surface area contributed by atoms with Gasteiger partial charge in [-0.05, 0) is 32.0 Å². The second kappa shape index (κ2) is 8.53. The molecule has 1 N–H and O–H groups in total. The Kier molecular flexibility index (Phi) is 5.90. The van der Waals surface area contributed by atoms with E-state index in [4.69, 9.17) is 14.2 Å². The highest BCUT2D eigenvalue weighted by molar-refractivity contribution is 5.94. The summed E-state index contributed by atoms with van der Waals surface area (Å²) in [4.78, 5) is 28.9. The molecule has 1 aromatic heterocycles. The van der Waals surface area contributed by atoms with Crippen molar-refractivity contribution in [3.8, 4) is 11.6 Å². The zero-order chi connectivity index (χ0) is 19.2. The number of amides is 1. The van der Waals surface area contributed by atoms with E-state index in [1.54, 1.807) is 19.1 Å². The first kappa shape index (κ1) is 18.7. The molecule has 0 fully saturated rings. The molecule has 142 valence electrons. The third-order valence-corrected chi connectivity index (χ3v) is 4.20. The molecule has 2 atom stereocenters. The Morgan fingerprint density at radius 3 is 2.93 bits per heavy atom. The molecule has 2 aromatic rings. The van der Waals surface area contributed by atoms with Crippen molar-refractivity contribution in [2.45, 2.75) is 32.4 Å². The molecule has 1 aliphatic heterocycles. The number of carbonyl (C=O) groups excluding carboxylic acids is 2. The lowest BCUT2D eigenvalue weighted by molar-refractivity contribution is -0.130. The zero-order valence-electron chi connectivity index (χ0n) is 15.3. The maximum atomic E-state index is 12.5. The summed E-state index contributed by atoms with van der Waals surface area (Å²) >= 11 is 0. The minimum atomic E-state index is -0.956. The standard InChI is InChI=1S/C20H22N2O5/c1-3-25-19-15(8-6-11-21-19)20(24)27-13(2)18(23)22-16-10-12-26-17-9-5-4-7-14(16)17/h4-9,11,13,16H,3,10,12H2,1-2H3,(H,22,23)/t13-,16+/m1/s1. The van der Waals surface area contributed by atoms with Crippen molar-refractivity contribution in [2.75, 3.05) is 13.2 Å². The van der Waals surface area contributed by atoms with Gasteiger partial charge in [-0.15, -0.1) is 0 Å². The Labute approximate surface area is 157 Å². The highest BCUT2D eigenvalue weighted by Crippen LogP contribution is 2.31. The molecule has 27 heavy (non-hydrogen) atoms. The van der Waals surface area contributed by atoms with Crippen LogP contribution in [0.5, 0.6) is 11.6 Å².